The van der Waals surface area contributed by atoms with Crippen LogP contribution in [0.4, 0.5) is 5.69 Å². The van der Waals surface area contributed by atoms with Gasteiger partial charge < -0.3 is 5.32 Å². The number of hydrogen-bond donors (Lipinski definition) is 2. The highest BCUT2D eigenvalue weighted by Crippen LogP contribution is 2.17. The molecule has 0 atom stereocenters. The summed E-state index contributed by atoms with van der Waals surface area (Å²) in [4.78, 5) is 35.6. The fourth-order valence-corrected chi connectivity index (χ4v) is 2.30. The number of benzene rings is 2. The highest BCUT2D eigenvalue weighted by molar-refractivity contribution is 6.30. The van der Waals surface area contributed by atoms with Crippen LogP contribution in [-0.2, 0) is 0 Å². The van der Waals surface area contributed by atoms with E-state index in [9.17, 15) is 14.4 Å². The van der Waals surface area contributed by atoms with Crippen LogP contribution in [0.3, 0.4) is 0 Å². The van der Waals surface area contributed by atoms with Crippen LogP contribution >= 0.6 is 11.6 Å². The zero-order valence-corrected chi connectivity index (χ0v) is 13.6. The Morgan fingerprint density at radius 3 is 2.40 bits per heavy atom. The lowest BCUT2D eigenvalue weighted by atomic mass is 10.0. The molecule has 3 rings (SSSR count). The first-order chi connectivity index (χ1) is 12.0. The van der Waals surface area contributed by atoms with Gasteiger partial charge in [-0.1, -0.05) is 23.7 Å². The number of amides is 1. The van der Waals surface area contributed by atoms with Crippen molar-refractivity contribution in [1.82, 2.24) is 10.2 Å². The fraction of sp³-hybridized carbons (Fsp3) is 0. The van der Waals surface area contributed by atoms with Gasteiger partial charge in [0.1, 0.15) is 5.69 Å². The number of nitrogens with zero attached hydrogens (tertiary/aromatic N) is 1. The van der Waals surface area contributed by atoms with Gasteiger partial charge in [0, 0.05) is 27.9 Å². The van der Waals surface area contributed by atoms with Crippen molar-refractivity contribution in [3.05, 3.63) is 92.9 Å². The lowest BCUT2D eigenvalue weighted by Crippen LogP contribution is -2.17. The molecule has 0 unspecified atom stereocenters. The van der Waals surface area contributed by atoms with Gasteiger partial charge >= 0.3 is 0 Å². The van der Waals surface area contributed by atoms with Gasteiger partial charge in [-0.15, -0.1) is 0 Å². The molecule has 2 N–H and O–H groups in total. The van der Waals surface area contributed by atoms with Gasteiger partial charge in [0.05, 0.1) is 0 Å². The van der Waals surface area contributed by atoms with Crippen LogP contribution in [0.5, 0.6) is 0 Å². The first kappa shape index (κ1) is 16.6. The van der Waals surface area contributed by atoms with Gasteiger partial charge in [0.2, 0.25) is 0 Å². The molecule has 0 aliphatic heterocycles. The van der Waals surface area contributed by atoms with Crippen molar-refractivity contribution in [2.75, 3.05) is 5.32 Å². The van der Waals surface area contributed by atoms with Crippen LogP contribution in [-0.4, -0.2) is 21.9 Å². The number of ketones is 1. The summed E-state index contributed by atoms with van der Waals surface area (Å²) >= 11 is 5.83. The largest absolute Gasteiger partial charge is 0.321 e. The van der Waals surface area contributed by atoms with Crippen LogP contribution in [0.25, 0.3) is 0 Å². The molecule has 124 valence electrons. The van der Waals surface area contributed by atoms with E-state index in [-0.39, 0.29) is 11.5 Å². The lowest BCUT2D eigenvalue weighted by molar-refractivity contribution is 0.101. The Morgan fingerprint density at radius 2 is 1.72 bits per heavy atom. The summed E-state index contributed by atoms with van der Waals surface area (Å²) in [6.45, 7) is 0. The Hall–Kier alpha value is -3.25. The number of aromatic amines is 1. The highest BCUT2D eigenvalue weighted by atomic mass is 35.5. The van der Waals surface area contributed by atoms with Crippen LogP contribution in [0, 0.1) is 0 Å². The number of H-pyrrole nitrogens is 1. The summed E-state index contributed by atoms with van der Waals surface area (Å²) < 4.78 is 0. The van der Waals surface area contributed by atoms with E-state index in [0.717, 1.165) is 0 Å². The zero-order valence-electron chi connectivity index (χ0n) is 12.8. The number of halogens is 1. The first-order valence-corrected chi connectivity index (χ1v) is 7.68. The van der Waals surface area contributed by atoms with Gasteiger partial charge in [0.25, 0.3) is 11.5 Å². The first-order valence-electron chi connectivity index (χ1n) is 7.30. The average molecular weight is 354 g/mol. The molecular weight excluding hydrogens is 342 g/mol. The second-order valence-corrected chi connectivity index (χ2v) is 5.61. The molecule has 6 nitrogen and oxygen atoms in total. The summed E-state index contributed by atoms with van der Waals surface area (Å²) in [7, 11) is 0. The average Bonchev–Trinajstić information content (AvgIpc) is 2.62. The van der Waals surface area contributed by atoms with Crippen LogP contribution in [0.2, 0.25) is 5.02 Å². The van der Waals surface area contributed by atoms with E-state index in [0.29, 0.717) is 21.8 Å². The lowest BCUT2D eigenvalue weighted by Gasteiger charge is -2.07. The molecule has 0 aliphatic carbocycles. The number of rotatable bonds is 4. The molecule has 25 heavy (non-hydrogen) atoms. The van der Waals surface area contributed by atoms with Crippen molar-refractivity contribution in [3.8, 4) is 0 Å². The maximum Gasteiger partial charge on any atom is 0.276 e. The third-order valence-corrected chi connectivity index (χ3v) is 3.65. The summed E-state index contributed by atoms with van der Waals surface area (Å²) in [6.07, 6.45) is 0. The second kappa shape index (κ2) is 7.11. The van der Waals surface area contributed by atoms with Crippen molar-refractivity contribution in [1.29, 1.82) is 0 Å². The van der Waals surface area contributed by atoms with Gasteiger partial charge in [0.15, 0.2) is 5.78 Å². The summed E-state index contributed by atoms with van der Waals surface area (Å²) in [5.74, 6) is -0.678. The van der Waals surface area contributed by atoms with E-state index in [4.69, 9.17) is 11.6 Å². The SMILES string of the molecule is O=C(c1ccc(Cl)cc1)c1cccc(NC(=O)c2ccc(=O)[nH]n2)c1. The molecule has 1 heterocycles. The molecule has 0 aliphatic rings. The molecule has 7 heteroatoms. The number of aromatic nitrogens is 2. The molecule has 3 aromatic rings. The van der Waals surface area contributed by atoms with Crippen LogP contribution < -0.4 is 10.9 Å². The Balaban J connectivity index is 1.80. The molecule has 2 aromatic carbocycles. The zero-order chi connectivity index (χ0) is 17.8. The molecule has 1 amide bonds. The molecule has 0 radical (unpaired) electrons. The molecule has 1 aromatic heterocycles. The maximum atomic E-state index is 12.5. The van der Waals surface area contributed by atoms with E-state index in [2.05, 4.69) is 15.5 Å². The minimum atomic E-state index is -0.493. The van der Waals surface area contributed by atoms with E-state index >= 15 is 0 Å². The van der Waals surface area contributed by atoms with Crippen molar-refractivity contribution in [2.45, 2.75) is 0 Å². The van der Waals surface area contributed by atoms with Gasteiger partial charge in [-0.3, -0.25) is 14.4 Å². The summed E-state index contributed by atoms with van der Waals surface area (Å²) in [5, 5.41) is 9.03. The van der Waals surface area contributed by atoms with Crippen molar-refractivity contribution < 1.29 is 9.59 Å². The Morgan fingerprint density at radius 1 is 0.960 bits per heavy atom. The van der Waals surface area contributed by atoms with Gasteiger partial charge in [-0.2, -0.15) is 5.10 Å². The monoisotopic (exact) mass is 353 g/mol. The number of carbonyl (C=O) groups excluding carboxylic acids is 2. The smallest absolute Gasteiger partial charge is 0.276 e. The Labute approximate surface area is 147 Å². The standard InChI is InChI=1S/C18H12ClN3O3/c19-13-6-4-11(5-7-13)17(24)12-2-1-3-14(10-12)20-18(25)15-8-9-16(23)22-21-15/h1-10H,(H,20,25)(H,22,23). The summed E-state index contributed by atoms with van der Waals surface area (Å²) in [5.41, 5.74) is 1.03. The second-order valence-electron chi connectivity index (χ2n) is 5.18. The Bertz CT molecular complexity index is 976. The minimum absolute atomic E-state index is 0.0639. The number of hydrogen-bond acceptors (Lipinski definition) is 4. The Kier molecular flexibility index (Phi) is 4.72. The van der Waals surface area contributed by atoms with E-state index in [1.165, 1.54) is 12.1 Å². The fourth-order valence-electron chi connectivity index (χ4n) is 2.17. The van der Waals surface area contributed by atoms with Crippen molar-refractivity contribution >= 4 is 29.0 Å². The summed E-state index contributed by atoms with van der Waals surface area (Å²) in [6, 6.07) is 15.6. The van der Waals surface area contributed by atoms with Crippen molar-refractivity contribution in [3.63, 3.8) is 0 Å². The molecular formula is C18H12ClN3O3. The predicted molar refractivity (Wildman–Crippen MR) is 94.1 cm³/mol. The highest BCUT2D eigenvalue weighted by Gasteiger charge is 2.12. The molecule has 0 saturated heterocycles. The molecule has 0 bridgehead atoms. The normalized spacial score (nSPS) is 10.3. The topological polar surface area (TPSA) is 91.9 Å². The number of nitrogens with one attached hydrogen (secondary N) is 2. The van der Waals surface area contributed by atoms with Crippen LogP contribution in [0.1, 0.15) is 26.4 Å². The molecule has 0 fully saturated rings. The molecule has 0 spiro atoms. The van der Waals surface area contributed by atoms with E-state index in [1.54, 1.807) is 48.5 Å². The quantitative estimate of drug-likeness (QED) is 0.705. The number of anilines is 1. The van der Waals surface area contributed by atoms with Crippen molar-refractivity contribution in [2.24, 2.45) is 0 Å². The van der Waals surface area contributed by atoms with Gasteiger partial charge in [-0.05, 0) is 42.5 Å². The minimum Gasteiger partial charge on any atom is -0.321 e. The number of carbonyl (C=O) groups is 2. The maximum absolute atomic E-state index is 12.5. The van der Waals surface area contributed by atoms with Gasteiger partial charge in [-0.25, -0.2) is 5.10 Å². The van der Waals surface area contributed by atoms with Crippen LogP contribution in [0.15, 0.2) is 65.5 Å². The predicted octanol–water partition coefficient (Wildman–Crippen LogP) is 2.91. The van der Waals surface area contributed by atoms with E-state index in [1.807, 2.05) is 0 Å². The third kappa shape index (κ3) is 3.99. The molecule has 0 saturated carbocycles. The van der Waals surface area contributed by atoms with E-state index < -0.39 is 11.5 Å². The third-order valence-electron chi connectivity index (χ3n) is 3.40.